The Balaban J connectivity index is 1.11. The molecule has 0 spiro atoms. The van der Waals surface area contributed by atoms with Crippen LogP contribution in [0.5, 0.6) is 0 Å². The number of carbonyl (C=O) groups excluding carboxylic acids is 2. The summed E-state index contributed by atoms with van der Waals surface area (Å²) in [6.07, 6.45) is 7.61. The number of pyridine rings is 1. The highest BCUT2D eigenvalue weighted by molar-refractivity contribution is 9.10. The molecular formula is C29H27BrFN5O2. The Morgan fingerprint density at radius 2 is 1.63 bits per heavy atom. The fourth-order valence-corrected chi connectivity index (χ4v) is 4.84. The number of benzene rings is 2. The van der Waals surface area contributed by atoms with E-state index in [1.54, 1.807) is 24.5 Å². The van der Waals surface area contributed by atoms with Crippen molar-refractivity contribution in [3.05, 3.63) is 112 Å². The zero-order valence-corrected chi connectivity index (χ0v) is 22.3. The van der Waals surface area contributed by atoms with Gasteiger partial charge < -0.3 is 10.2 Å². The highest BCUT2D eigenvalue weighted by atomic mass is 79.9. The molecule has 1 N–H and O–H groups in total. The van der Waals surface area contributed by atoms with Crippen molar-refractivity contribution in [1.29, 1.82) is 0 Å². The Kier molecular flexibility index (Phi) is 7.93. The lowest BCUT2D eigenvalue weighted by molar-refractivity contribution is -0.115. The molecule has 2 aromatic carbocycles. The van der Waals surface area contributed by atoms with Crippen LogP contribution in [0.25, 0.3) is 0 Å². The molecule has 0 bridgehead atoms. The second-order valence-electron chi connectivity index (χ2n) is 9.43. The maximum Gasteiger partial charge on any atom is 0.253 e. The molecule has 1 aliphatic heterocycles. The Labute approximate surface area is 228 Å². The number of rotatable bonds is 7. The van der Waals surface area contributed by atoms with Gasteiger partial charge in [-0.1, -0.05) is 24.3 Å². The minimum atomic E-state index is -0.247. The van der Waals surface area contributed by atoms with Gasteiger partial charge >= 0.3 is 0 Å². The monoisotopic (exact) mass is 575 g/mol. The molecule has 7 nitrogen and oxygen atoms in total. The van der Waals surface area contributed by atoms with E-state index in [9.17, 15) is 14.0 Å². The van der Waals surface area contributed by atoms with Crippen LogP contribution in [0.4, 0.5) is 10.1 Å². The minimum Gasteiger partial charge on any atom is -0.338 e. The number of hydrogen-bond donors (Lipinski definition) is 1. The summed E-state index contributed by atoms with van der Waals surface area (Å²) in [7, 11) is 0. The third-order valence-corrected chi connectivity index (χ3v) is 7.13. The molecule has 1 fully saturated rings. The number of nitrogens with zero attached hydrogens (tertiary/aromatic N) is 4. The summed E-state index contributed by atoms with van der Waals surface area (Å²) < 4.78 is 15.9. The Morgan fingerprint density at radius 3 is 2.29 bits per heavy atom. The summed E-state index contributed by atoms with van der Waals surface area (Å²) in [5.74, 6) is -0.376. The van der Waals surface area contributed by atoms with Gasteiger partial charge in [0.1, 0.15) is 5.82 Å². The molecule has 4 aromatic rings. The third-order valence-electron chi connectivity index (χ3n) is 6.66. The average molecular weight is 576 g/mol. The number of aromatic nitrogens is 3. The van der Waals surface area contributed by atoms with E-state index in [1.165, 1.54) is 12.1 Å². The summed E-state index contributed by atoms with van der Waals surface area (Å²) in [4.78, 5) is 31.5. The summed E-state index contributed by atoms with van der Waals surface area (Å²) in [6.45, 7) is 1.27. The molecule has 1 saturated heterocycles. The van der Waals surface area contributed by atoms with E-state index in [0.717, 1.165) is 28.4 Å². The molecule has 0 radical (unpaired) electrons. The molecule has 0 aliphatic carbocycles. The van der Waals surface area contributed by atoms with Gasteiger partial charge in [0.15, 0.2) is 0 Å². The van der Waals surface area contributed by atoms with E-state index in [2.05, 4.69) is 31.3 Å². The number of carbonyl (C=O) groups is 2. The lowest BCUT2D eigenvalue weighted by atomic mass is 10.0. The quantitative estimate of drug-likeness (QED) is 0.318. The molecule has 3 heterocycles. The molecule has 2 aromatic heterocycles. The van der Waals surface area contributed by atoms with E-state index in [-0.39, 0.29) is 30.1 Å². The first-order chi connectivity index (χ1) is 18.4. The third kappa shape index (κ3) is 6.52. The Bertz CT molecular complexity index is 1400. The van der Waals surface area contributed by atoms with Gasteiger partial charge in [-0.05, 0) is 82.7 Å². The minimum absolute atomic E-state index is 0.0201. The fraction of sp³-hybridized carbons (Fsp3) is 0.241. The number of nitrogens with one attached hydrogen (secondary N) is 1. The van der Waals surface area contributed by atoms with E-state index in [4.69, 9.17) is 0 Å². The van der Waals surface area contributed by atoms with Gasteiger partial charge in [-0.15, -0.1) is 0 Å². The predicted octanol–water partition coefficient (Wildman–Crippen LogP) is 5.43. The first kappa shape index (κ1) is 25.8. The van der Waals surface area contributed by atoms with Gasteiger partial charge in [-0.3, -0.25) is 19.3 Å². The highest BCUT2D eigenvalue weighted by Crippen LogP contribution is 2.25. The second-order valence-corrected chi connectivity index (χ2v) is 10.3. The van der Waals surface area contributed by atoms with E-state index in [0.29, 0.717) is 36.5 Å². The van der Waals surface area contributed by atoms with E-state index in [1.807, 2.05) is 52.2 Å². The van der Waals surface area contributed by atoms with Crippen molar-refractivity contribution in [1.82, 2.24) is 19.7 Å². The van der Waals surface area contributed by atoms with Gasteiger partial charge in [-0.25, -0.2) is 4.39 Å². The highest BCUT2D eigenvalue weighted by Gasteiger charge is 2.25. The van der Waals surface area contributed by atoms with Crippen LogP contribution in [0.1, 0.15) is 46.1 Å². The predicted molar refractivity (Wildman–Crippen MR) is 146 cm³/mol. The van der Waals surface area contributed by atoms with E-state index >= 15 is 0 Å². The number of hydrogen-bond acceptors (Lipinski definition) is 4. The molecule has 2 amide bonds. The summed E-state index contributed by atoms with van der Waals surface area (Å²) in [5.41, 5.74) is 4.09. The molecule has 0 saturated carbocycles. The second kappa shape index (κ2) is 11.7. The smallest absolute Gasteiger partial charge is 0.253 e. The van der Waals surface area contributed by atoms with Gasteiger partial charge in [0.25, 0.3) is 5.91 Å². The number of piperidine rings is 1. The molecule has 5 rings (SSSR count). The number of halogens is 2. The van der Waals surface area contributed by atoms with Gasteiger partial charge in [0.05, 0.1) is 24.3 Å². The zero-order valence-electron chi connectivity index (χ0n) is 20.7. The topological polar surface area (TPSA) is 80.1 Å². The van der Waals surface area contributed by atoms with Gasteiger partial charge in [0, 0.05) is 41.2 Å². The molecule has 38 heavy (non-hydrogen) atoms. The Morgan fingerprint density at radius 1 is 0.947 bits per heavy atom. The van der Waals surface area contributed by atoms with Crippen molar-refractivity contribution >= 4 is 33.4 Å². The summed E-state index contributed by atoms with van der Waals surface area (Å²) in [5, 5.41) is 7.32. The Hall–Kier alpha value is -3.85. The van der Waals surface area contributed by atoms with Crippen LogP contribution in [-0.2, 0) is 17.6 Å². The molecular weight excluding hydrogens is 549 g/mol. The van der Waals surface area contributed by atoms with Crippen molar-refractivity contribution in [3.8, 4) is 0 Å². The largest absolute Gasteiger partial charge is 0.338 e. The molecule has 0 unspecified atom stereocenters. The van der Waals surface area contributed by atoms with Crippen molar-refractivity contribution in [2.75, 3.05) is 18.4 Å². The fourth-order valence-electron chi connectivity index (χ4n) is 4.60. The first-order valence-electron chi connectivity index (χ1n) is 12.5. The maximum atomic E-state index is 13.1. The van der Waals surface area contributed by atoms with Crippen molar-refractivity contribution in [2.45, 2.75) is 31.7 Å². The number of amides is 2. The number of anilines is 1. The SMILES string of the molecule is O=C(Cc1ccc(Br)cn1)Nc1cnn(C2CCN(C(=O)c3ccc(Cc4ccc(F)cc4)cc3)CC2)c1. The first-order valence-corrected chi connectivity index (χ1v) is 13.3. The standard InChI is InChI=1S/C29H27BrFN5O2/c30-23-7-10-25(32-17-23)16-28(37)34-26-18-33-36(19-26)27-11-13-35(14-12-27)29(38)22-5-1-20(2-6-22)15-21-3-8-24(31)9-4-21/h1-10,17-19,27H,11-16H2,(H,34,37). The normalized spacial score (nSPS) is 13.9. The molecule has 1 aliphatic rings. The van der Waals surface area contributed by atoms with Crippen LogP contribution in [0.15, 0.2) is 83.7 Å². The van der Waals surface area contributed by atoms with Crippen LogP contribution in [0.2, 0.25) is 0 Å². The lowest BCUT2D eigenvalue weighted by Crippen LogP contribution is -2.39. The summed E-state index contributed by atoms with van der Waals surface area (Å²) in [6, 6.07) is 17.9. The van der Waals surface area contributed by atoms with Gasteiger partial charge in [-0.2, -0.15) is 5.10 Å². The van der Waals surface area contributed by atoms with Crippen LogP contribution in [-0.4, -0.2) is 44.6 Å². The van der Waals surface area contributed by atoms with Crippen molar-refractivity contribution in [3.63, 3.8) is 0 Å². The van der Waals surface area contributed by atoms with Gasteiger partial charge in [0.2, 0.25) is 5.91 Å². The average Bonchev–Trinajstić information content (AvgIpc) is 3.40. The zero-order chi connectivity index (χ0) is 26.5. The van der Waals surface area contributed by atoms with Crippen molar-refractivity contribution < 1.29 is 14.0 Å². The maximum absolute atomic E-state index is 13.1. The van der Waals surface area contributed by atoms with Crippen LogP contribution in [0, 0.1) is 5.82 Å². The van der Waals surface area contributed by atoms with Crippen LogP contribution >= 0.6 is 15.9 Å². The number of likely N-dealkylation sites (tertiary alicyclic amines) is 1. The summed E-state index contributed by atoms with van der Waals surface area (Å²) >= 11 is 3.34. The van der Waals surface area contributed by atoms with Crippen LogP contribution < -0.4 is 5.32 Å². The lowest BCUT2D eigenvalue weighted by Gasteiger charge is -2.32. The van der Waals surface area contributed by atoms with E-state index < -0.39 is 0 Å². The van der Waals surface area contributed by atoms with Crippen LogP contribution in [0.3, 0.4) is 0 Å². The molecule has 9 heteroatoms. The van der Waals surface area contributed by atoms with Crippen molar-refractivity contribution in [2.24, 2.45) is 0 Å². The molecule has 0 atom stereocenters. The molecule has 194 valence electrons.